The maximum Gasteiger partial charge on any atom is 0.337 e. The molecule has 2 rings (SSSR count). The van der Waals surface area contributed by atoms with Crippen molar-refractivity contribution < 1.29 is 9.90 Å². The van der Waals surface area contributed by atoms with Crippen LogP contribution in [0.15, 0.2) is 42.7 Å². The van der Waals surface area contributed by atoms with Gasteiger partial charge in [0.05, 0.1) is 16.8 Å². The summed E-state index contributed by atoms with van der Waals surface area (Å²) in [6.07, 6.45) is 3.58. The van der Waals surface area contributed by atoms with E-state index >= 15 is 0 Å². The van der Waals surface area contributed by atoms with E-state index in [1.54, 1.807) is 49.0 Å². The summed E-state index contributed by atoms with van der Waals surface area (Å²) in [4.78, 5) is 11.4. The fraction of sp³-hybridized carbons (Fsp3) is 0.188. The van der Waals surface area contributed by atoms with E-state index in [0.717, 1.165) is 0 Å². The minimum absolute atomic E-state index is 0.211. The zero-order valence-corrected chi connectivity index (χ0v) is 11.4. The number of carbonyl (C=O) groups is 1. The summed E-state index contributed by atoms with van der Waals surface area (Å²) in [6, 6.07) is 8.71. The molecule has 20 heavy (non-hydrogen) atoms. The van der Waals surface area contributed by atoms with E-state index < -0.39 is 11.5 Å². The highest BCUT2D eigenvalue weighted by atomic mass is 16.4. The molecule has 0 fully saturated rings. The first-order valence-corrected chi connectivity index (χ1v) is 6.20. The Morgan fingerprint density at radius 3 is 2.45 bits per heavy atom. The van der Waals surface area contributed by atoms with Gasteiger partial charge in [-0.1, -0.05) is 17.9 Å². The Morgan fingerprint density at radius 2 is 1.90 bits per heavy atom. The number of hydrogen-bond donors (Lipinski definition) is 2. The molecule has 4 heteroatoms. The molecule has 0 amide bonds. The van der Waals surface area contributed by atoms with E-state index in [2.05, 4.69) is 11.8 Å². The van der Waals surface area contributed by atoms with Crippen molar-refractivity contribution >= 4 is 5.97 Å². The number of aromatic carboxylic acids is 1. The topological polar surface area (TPSA) is 68.2 Å². The predicted molar refractivity (Wildman–Crippen MR) is 77.9 cm³/mol. The van der Waals surface area contributed by atoms with Gasteiger partial charge in [0.1, 0.15) is 0 Å². The van der Waals surface area contributed by atoms with Gasteiger partial charge in [-0.25, -0.2) is 4.79 Å². The van der Waals surface area contributed by atoms with Gasteiger partial charge < -0.3 is 15.4 Å². The third-order valence-electron chi connectivity index (χ3n) is 2.65. The number of aromatic nitrogens is 1. The number of para-hydroxylation sites is 1. The zero-order valence-electron chi connectivity index (χ0n) is 11.4. The average molecular weight is 268 g/mol. The maximum atomic E-state index is 11.4. The Morgan fingerprint density at radius 1 is 1.25 bits per heavy atom. The predicted octanol–water partition coefficient (Wildman–Crippen LogP) is 2.26. The SMILES string of the molecule is CC(C)(N)C#Cc1cccc(C(=O)O)c1-n1cccc1. The second-order valence-electron chi connectivity index (χ2n) is 5.07. The number of benzene rings is 1. The lowest BCUT2D eigenvalue weighted by Crippen LogP contribution is -2.29. The van der Waals surface area contributed by atoms with Gasteiger partial charge in [0.25, 0.3) is 0 Å². The number of carboxylic acids is 1. The lowest BCUT2D eigenvalue weighted by molar-refractivity contribution is 0.0697. The van der Waals surface area contributed by atoms with E-state index in [4.69, 9.17) is 5.73 Å². The fourth-order valence-electron chi connectivity index (χ4n) is 1.81. The number of nitrogens with zero attached hydrogens (tertiary/aromatic N) is 1. The van der Waals surface area contributed by atoms with Crippen LogP contribution in [0.2, 0.25) is 0 Å². The summed E-state index contributed by atoms with van der Waals surface area (Å²) in [5.41, 5.74) is 6.63. The molecule has 1 heterocycles. The molecule has 0 bridgehead atoms. The van der Waals surface area contributed by atoms with Crippen molar-refractivity contribution in [2.24, 2.45) is 5.73 Å². The maximum absolute atomic E-state index is 11.4. The lowest BCUT2D eigenvalue weighted by Gasteiger charge is -2.11. The molecule has 4 nitrogen and oxygen atoms in total. The van der Waals surface area contributed by atoms with Gasteiger partial charge in [0, 0.05) is 18.0 Å². The second-order valence-corrected chi connectivity index (χ2v) is 5.07. The van der Waals surface area contributed by atoms with Crippen molar-refractivity contribution in [2.75, 3.05) is 0 Å². The van der Waals surface area contributed by atoms with Crippen LogP contribution in [0.4, 0.5) is 0 Å². The van der Waals surface area contributed by atoms with Gasteiger partial charge in [-0.15, -0.1) is 0 Å². The van der Waals surface area contributed by atoms with E-state index in [1.807, 2.05) is 12.1 Å². The Kier molecular flexibility index (Phi) is 3.64. The summed E-state index contributed by atoms with van der Waals surface area (Å²) in [5.74, 6) is 4.92. The summed E-state index contributed by atoms with van der Waals surface area (Å²) in [7, 11) is 0. The van der Waals surface area contributed by atoms with Crippen molar-refractivity contribution in [3.8, 4) is 17.5 Å². The smallest absolute Gasteiger partial charge is 0.337 e. The van der Waals surface area contributed by atoms with Crippen molar-refractivity contribution in [3.63, 3.8) is 0 Å². The minimum Gasteiger partial charge on any atom is -0.478 e. The summed E-state index contributed by atoms with van der Waals surface area (Å²) >= 11 is 0. The van der Waals surface area contributed by atoms with Crippen LogP contribution < -0.4 is 5.73 Å². The fourth-order valence-corrected chi connectivity index (χ4v) is 1.81. The van der Waals surface area contributed by atoms with E-state index in [1.165, 1.54) is 0 Å². The highest BCUT2D eigenvalue weighted by Gasteiger charge is 2.14. The molecule has 0 saturated heterocycles. The van der Waals surface area contributed by atoms with Gasteiger partial charge in [-0.3, -0.25) is 0 Å². The number of nitrogens with two attached hydrogens (primary N) is 1. The van der Waals surface area contributed by atoms with E-state index in [-0.39, 0.29) is 5.56 Å². The first-order chi connectivity index (χ1) is 9.38. The molecule has 0 unspecified atom stereocenters. The molecule has 0 atom stereocenters. The van der Waals surface area contributed by atoms with Crippen molar-refractivity contribution in [2.45, 2.75) is 19.4 Å². The van der Waals surface area contributed by atoms with Gasteiger partial charge in [-0.2, -0.15) is 0 Å². The third kappa shape index (κ3) is 3.08. The Labute approximate surface area is 117 Å². The molecule has 0 spiro atoms. The molecule has 1 aromatic carbocycles. The molecule has 0 aliphatic heterocycles. The van der Waals surface area contributed by atoms with Crippen molar-refractivity contribution in [1.82, 2.24) is 4.57 Å². The Bertz CT molecular complexity index is 683. The van der Waals surface area contributed by atoms with Crippen LogP contribution in [0.5, 0.6) is 0 Å². The van der Waals surface area contributed by atoms with Crippen LogP contribution in [-0.4, -0.2) is 21.2 Å². The van der Waals surface area contributed by atoms with Gasteiger partial charge in [0.2, 0.25) is 0 Å². The molecule has 2 aromatic rings. The van der Waals surface area contributed by atoms with Crippen molar-refractivity contribution in [3.05, 3.63) is 53.9 Å². The molecule has 102 valence electrons. The minimum atomic E-state index is -0.982. The quantitative estimate of drug-likeness (QED) is 0.821. The molecule has 0 aliphatic rings. The van der Waals surface area contributed by atoms with E-state index in [9.17, 15) is 9.90 Å². The standard InChI is InChI=1S/C16H16N2O2/c1-16(2,17)9-8-12-6-5-7-13(15(19)20)14(12)18-10-3-4-11-18/h3-7,10-11H,17H2,1-2H3,(H,19,20). The largest absolute Gasteiger partial charge is 0.478 e. The van der Waals surface area contributed by atoms with Crippen molar-refractivity contribution in [1.29, 1.82) is 0 Å². The molecule has 3 N–H and O–H groups in total. The number of hydrogen-bond acceptors (Lipinski definition) is 2. The monoisotopic (exact) mass is 268 g/mol. The number of rotatable bonds is 2. The molecular formula is C16H16N2O2. The van der Waals surface area contributed by atoms with Gasteiger partial charge >= 0.3 is 5.97 Å². The summed E-state index contributed by atoms with van der Waals surface area (Å²) in [5, 5.41) is 9.33. The van der Waals surface area contributed by atoms with Crippen LogP contribution >= 0.6 is 0 Å². The Balaban J connectivity index is 2.66. The highest BCUT2D eigenvalue weighted by Crippen LogP contribution is 2.20. The summed E-state index contributed by atoms with van der Waals surface area (Å²) < 4.78 is 1.75. The van der Waals surface area contributed by atoms with Crippen LogP contribution in [0.1, 0.15) is 29.8 Å². The number of carboxylic acid groups (broad SMARTS) is 1. The third-order valence-corrected chi connectivity index (χ3v) is 2.65. The molecule has 0 aliphatic carbocycles. The van der Waals surface area contributed by atoms with Gasteiger partial charge in [0.15, 0.2) is 0 Å². The average Bonchev–Trinajstić information content (AvgIpc) is 2.88. The highest BCUT2D eigenvalue weighted by molar-refractivity contribution is 5.93. The summed E-state index contributed by atoms with van der Waals surface area (Å²) in [6.45, 7) is 3.60. The lowest BCUT2D eigenvalue weighted by atomic mass is 10.0. The molecule has 0 radical (unpaired) electrons. The molecular weight excluding hydrogens is 252 g/mol. The second kappa shape index (κ2) is 5.24. The van der Waals surface area contributed by atoms with E-state index in [0.29, 0.717) is 11.3 Å². The van der Waals surface area contributed by atoms with Crippen LogP contribution in [0, 0.1) is 11.8 Å². The molecule has 0 saturated carbocycles. The van der Waals surface area contributed by atoms with Gasteiger partial charge in [-0.05, 0) is 38.1 Å². The van der Waals surface area contributed by atoms with Crippen LogP contribution in [0.25, 0.3) is 5.69 Å². The first-order valence-electron chi connectivity index (χ1n) is 6.20. The first kappa shape index (κ1) is 13.9. The normalized spacial score (nSPS) is 10.8. The molecule has 1 aromatic heterocycles. The zero-order chi connectivity index (χ0) is 14.8. The van der Waals surface area contributed by atoms with Crippen LogP contribution in [0.3, 0.4) is 0 Å². The Hall–Kier alpha value is -2.51. The van der Waals surface area contributed by atoms with Crippen LogP contribution in [-0.2, 0) is 0 Å².